The summed E-state index contributed by atoms with van der Waals surface area (Å²) in [6.45, 7) is 7.97. The highest BCUT2D eigenvalue weighted by atomic mass is 16.5. The lowest BCUT2D eigenvalue weighted by molar-refractivity contribution is -0.127. The lowest BCUT2D eigenvalue weighted by Gasteiger charge is -2.36. The molecule has 2 N–H and O–H groups in total. The first-order chi connectivity index (χ1) is 11.3. The number of nitrogens with one attached hydrogen (secondary N) is 2. The second kappa shape index (κ2) is 7.90. The molecule has 2 atom stereocenters. The van der Waals surface area contributed by atoms with Gasteiger partial charge in [-0.2, -0.15) is 0 Å². The van der Waals surface area contributed by atoms with Crippen LogP contribution in [0.4, 0.5) is 0 Å². The maximum Gasteiger partial charge on any atom is 0.223 e. The predicted molar refractivity (Wildman–Crippen MR) is 90.1 cm³/mol. The van der Waals surface area contributed by atoms with Crippen molar-refractivity contribution in [2.24, 2.45) is 11.8 Å². The quantitative estimate of drug-likeness (QED) is 0.823. The van der Waals surface area contributed by atoms with Gasteiger partial charge in [0.25, 0.3) is 0 Å². The van der Waals surface area contributed by atoms with Gasteiger partial charge in [-0.15, -0.1) is 0 Å². The van der Waals surface area contributed by atoms with Crippen molar-refractivity contribution >= 4 is 5.91 Å². The molecular weight excluding hydrogens is 290 g/mol. The van der Waals surface area contributed by atoms with E-state index in [1.54, 1.807) is 0 Å². The summed E-state index contributed by atoms with van der Waals surface area (Å²) >= 11 is 0. The molecule has 23 heavy (non-hydrogen) atoms. The third-order valence-electron chi connectivity index (χ3n) is 5.07. The van der Waals surface area contributed by atoms with Crippen LogP contribution in [0.25, 0.3) is 0 Å². The molecule has 0 aromatic heterocycles. The van der Waals surface area contributed by atoms with Gasteiger partial charge in [0, 0.05) is 25.6 Å². The molecule has 5 nitrogen and oxygen atoms in total. The van der Waals surface area contributed by atoms with Gasteiger partial charge in [0.05, 0.1) is 19.3 Å². The second-order valence-corrected chi connectivity index (χ2v) is 6.53. The summed E-state index contributed by atoms with van der Waals surface area (Å²) in [5.41, 5.74) is 1.26. The highest BCUT2D eigenvalue weighted by molar-refractivity contribution is 5.78. The summed E-state index contributed by atoms with van der Waals surface area (Å²) in [4.78, 5) is 14.8. The summed E-state index contributed by atoms with van der Waals surface area (Å²) in [6.07, 6.45) is 0. The molecule has 0 aliphatic carbocycles. The zero-order valence-corrected chi connectivity index (χ0v) is 13.8. The Balaban J connectivity index is 1.62. The van der Waals surface area contributed by atoms with E-state index in [4.69, 9.17) is 4.74 Å². The van der Waals surface area contributed by atoms with Gasteiger partial charge in [0.2, 0.25) is 5.91 Å². The van der Waals surface area contributed by atoms with Crippen LogP contribution in [0.3, 0.4) is 0 Å². The number of carbonyl (C=O) groups is 1. The molecule has 2 aliphatic heterocycles. The predicted octanol–water partition coefficient (Wildman–Crippen LogP) is 1.03. The molecule has 0 saturated carbocycles. The van der Waals surface area contributed by atoms with Crippen LogP contribution in [-0.2, 0) is 9.53 Å². The van der Waals surface area contributed by atoms with Crippen LogP contribution >= 0.6 is 0 Å². The first-order valence-electron chi connectivity index (χ1n) is 8.61. The van der Waals surface area contributed by atoms with Gasteiger partial charge >= 0.3 is 0 Å². The topological polar surface area (TPSA) is 53.6 Å². The van der Waals surface area contributed by atoms with E-state index < -0.39 is 0 Å². The standard InChI is InChI=1S/C18H27N3O2/c1-14(16-11-19-12-16)18(22)20-13-17(15-5-3-2-4-6-15)21-7-9-23-10-8-21/h2-6,14,16-17,19H,7-13H2,1H3,(H,20,22). The number of hydrogen-bond donors (Lipinski definition) is 2. The van der Waals surface area contributed by atoms with Gasteiger partial charge in [-0.1, -0.05) is 37.3 Å². The van der Waals surface area contributed by atoms with Crippen molar-refractivity contribution in [3.63, 3.8) is 0 Å². The normalized spacial score (nSPS) is 22.1. The first kappa shape index (κ1) is 16.4. The Labute approximate surface area is 138 Å². The summed E-state index contributed by atoms with van der Waals surface area (Å²) in [5.74, 6) is 0.733. The van der Waals surface area contributed by atoms with E-state index >= 15 is 0 Å². The smallest absolute Gasteiger partial charge is 0.223 e. The van der Waals surface area contributed by atoms with E-state index in [0.717, 1.165) is 39.4 Å². The van der Waals surface area contributed by atoms with Crippen LogP contribution in [0.1, 0.15) is 18.5 Å². The maximum absolute atomic E-state index is 12.4. The number of carbonyl (C=O) groups excluding carboxylic acids is 1. The molecule has 3 rings (SSSR count). The number of hydrogen-bond acceptors (Lipinski definition) is 4. The Morgan fingerprint density at radius 3 is 2.61 bits per heavy atom. The van der Waals surface area contributed by atoms with Gasteiger partial charge in [0.1, 0.15) is 0 Å². The van der Waals surface area contributed by atoms with Crippen LogP contribution in [0.2, 0.25) is 0 Å². The number of rotatable bonds is 6. The molecule has 2 fully saturated rings. The lowest BCUT2D eigenvalue weighted by atomic mass is 9.88. The Bertz CT molecular complexity index is 498. The van der Waals surface area contributed by atoms with Crippen LogP contribution in [0, 0.1) is 11.8 Å². The number of amides is 1. The van der Waals surface area contributed by atoms with Gasteiger partial charge in [-0.25, -0.2) is 0 Å². The minimum absolute atomic E-state index is 0.0809. The van der Waals surface area contributed by atoms with E-state index in [-0.39, 0.29) is 17.9 Å². The molecule has 1 aromatic carbocycles. The molecular formula is C18H27N3O2. The Morgan fingerprint density at radius 1 is 1.30 bits per heavy atom. The number of benzene rings is 1. The average Bonchev–Trinajstić information content (AvgIpc) is 2.55. The van der Waals surface area contributed by atoms with Crippen molar-refractivity contribution in [1.29, 1.82) is 0 Å². The van der Waals surface area contributed by atoms with E-state index in [2.05, 4.69) is 39.8 Å². The first-order valence-corrected chi connectivity index (χ1v) is 8.61. The van der Waals surface area contributed by atoms with Crippen molar-refractivity contribution < 1.29 is 9.53 Å². The van der Waals surface area contributed by atoms with Gasteiger partial charge < -0.3 is 15.4 Å². The lowest BCUT2D eigenvalue weighted by Crippen LogP contribution is -2.51. The number of nitrogens with zero attached hydrogens (tertiary/aromatic N) is 1. The molecule has 2 unspecified atom stereocenters. The molecule has 0 spiro atoms. The second-order valence-electron chi connectivity index (χ2n) is 6.53. The highest BCUT2D eigenvalue weighted by Gasteiger charge is 2.30. The number of ether oxygens (including phenoxy) is 1. The van der Waals surface area contributed by atoms with E-state index in [9.17, 15) is 4.79 Å². The fourth-order valence-corrected chi connectivity index (χ4v) is 3.26. The molecule has 1 amide bonds. The molecule has 2 aliphatic rings. The zero-order chi connectivity index (χ0) is 16.1. The van der Waals surface area contributed by atoms with Crippen molar-refractivity contribution in [2.75, 3.05) is 45.9 Å². The van der Waals surface area contributed by atoms with E-state index in [1.165, 1.54) is 5.56 Å². The fourth-order valence-electron chi connectivity index (χ4n) is 3.26. The minimum Gasteiger partial charge on any atom is -0.379 e. The molecule has 5 heteroatoms. The third kappa shape index (κ3) is 4.10. The van der Waals surface area contributed by atoms with Crippen LogP contribution in [0.15, 0.2) is 30.3 Å². The highest BCUT2D eigenvalue weighted by Crippen LogP contribution is 2.22. The number of morpholine rings is 1. The van der Waals surface area contributed by atoms with Crippen molar-refractivity contribution in [3.8, 4) is 0 Å². The largest absolute Gasteiger partial charge is 0.379 e. The van der Waals surface area contributed by atoms with Gasteiger partial charge in [-0.3, -0.25) is 9.69 Å². The van der Waals surface area contributed by atoms with Crippen LogP contribution in [-0.4, -0.2) is 56.7 Å². The molecule has 2 heterocycles. The van der Waals surface area contributed by atoms with Gasteiger partial charge in [0.15, 0.2) is 0 Å². The summed E-state index contributed by atoms with van der Waals surface area (Å²) in [5, 5.41) is 6.42. The van der Waals surface area contributed by atoms with Crippen LogP contribution < -0.4 is 10.6 Å². The zero-order valence-electron chi connectivity index (χ0n) is 13.8. The van der Waals surface area contributed by atoms with E-state index in [1.807, 2.05) is 13.0 Å². The Hall–Kier alpha value is -1.43. The Morgan fingerprint density at radius 2 is 2.00 bits per heavy atom. The van der Waals surface area contributed by atoms with E-state index in [0.29, 0.717) is 12.5 Å². The molecule has 126 valence electrons. The van der Waals surface area contributed by atoms with Crippen molar-refractivity contribution in [2.45, 2.75) is 13.0 Å². The fraction of sp³-hybridized carbons (Fsp3) is 0.611. The van der Waals surface area contributed by atoms with Crippen molar-refractivity contribution in [1.82, 2.24) is 15.5 Å². The SMILES string of the molecule is CC(C(=O)NCC(c1ccccc1)N1CCOCC1)C1CNC1. The van der Waals surface area contributed by atoms with Gasteiger partial charge in [-0.05, 0) is 24.6 Å². The van der Waals surface area contributed by atoms with Crippen LogP contribution in [0.5, 0.6) is 0 Å². The van der Waals surface area contributed by atoms with Crippen molar-refractivity contribution in [3.05, 3.63) is 35.9 Å². The maximum atomic E-state index is 12.4. The summed E-state index contributed by atoms with van der Waals surface area (Å²) in [6, 6.07) is 10.7. The summed E-state index contributed by atoms with van der Waals surface area (Å²) < 4.78 is 5.47. The third-order valence-corrected chi connectivity index (χ3v) is 5.07. The average molecular weight is 317 g/mol. The minimum atomic E-state index is 0.0809. The Kier molecular flexibility index (Phi) is 5.65. The molecule has 2 saturated heterocycles. The molecule has 0 radical (unpaired) electrons. The molecule has 0 bridgehead atoms. The summed E-state index contributed by atoms with van der Waals surface area (Å²) in [7, 11) is 0. The molecule has 1 aromatic rings. The monoisotopic (exact) mass is 317 g/mol.